The minimum atomic E-state index is -0.104. The van der Waals surface area contributed by atoms with Crippen LogP contribution in [0.2, 0.25) is 0 Å². The second-order valence-electron chi connectivity index (χ2n) is 13.5. The second-order valence-corrected chi connectivity index (χ2v) is 13.5. The van der Waals surface area contributed by atoms with Crippen molar-refractivity contribution >= 4 is 45.3 Å². The first kappa shape index (κ1) is 32.2. The highest BCUT2D eigenvalue weighted by Gasteiger charge is 2.20. The van der Waals surface area contributed by atoms with E-state index in [9.17, 15) is 10.2 Å². The molecule has 0 unspecified atom stereocenters. The number of nitrogens with zero attached hydrogens (tertiary/aromatic N) is 2. The van der Waals surface area contributed by atoms with Gasteiger partial charge in [-0.2, -0.15) is 0 Å². The number of phenols is 2. The summed E-state index contributed by atoms with van der Waals surface area (Å²) >= 11 is 0. The Morgan fingerprint density at radius 3 is 1.17 bits per heavy atom. The molecule has 0 saturated carbocycles. The number of phenolic OH excluding ortho intramolecular Hbond substituents is 2. The monoisotopic (exact) mass is 606 g/mol. The lowest BCUT2D eigenvalue weighted by Crippen LogP contribution is -2.11. The van der Waals surface area contributed by atoms with Crippen LogP contribution in [-0.2, 0) is 10.8 Å². The molecule has 4 heteroatoms. The summed E-state index contributed by atoms with van der Waals surface area (Å²) in [6, 6.07) is 40.1. The van der Waals surface area contributed by atoms with Gasteiger partial charge in [0.25, 0.3) is 0 Å². The van der Waals surface area contributed by atoms with E-state index >= 15 is 0 Å². The quantitative estimate of drug-likeness (QED) is 0.196. The maximum absolute atomic E-state index is 10.5. The molecule has 46 heavy (non-hydrogen) atoms. The fourth-order valence-corrected chi connectivity index (χ4v) is 5.46. The summed E-state index contributed by atoms with van der Waals surface area (Å²) in [6.07, 6.45) is 3.48. The maximum Gasteiger partial charge on any atom is 0.128 e. The van der Waals surface area contributed by atoms with E-state index in [4.69, 9.17) is 0 Å². The third-order valence-corrected chi connectivity index (χ3v) is 7.97. The third kappa shape index (κ3) is 7.35. The van der Waals surface area contributed by atoms with E-state index in [0.717, 1.165) is 55.2 Å². The summed E-state index contributed by atoms with van der Waals surface area (Å²) in [5.41, 5.74) is 4.95. The van der Waals surface area contributed by atoms with Gasteiger partial charge in [-0.3, -0.25) is 9.98 Å². The topological polar surface area (TPSA) is 65.2 Å². The molecule has 0 aromatic heterocycles. The Morgan fingerprint density at radius 1 is 0.435 bits per heavy atom. The van der Waals surface area contributed by atoms with Crippen molar-refractivity contribution in [2.24, 2.45) is 9.98 Å². The van der Waals surface area contributed by atoms with Crippen molar-refractivity contribution in [3.8, 4) is 11.5 Å². The van der Waals surface area contributed by atoms with E-state index in [1.165, 1.54) is 0 Å². The molecule has 232 valence electrons. The van der Waals surface area contributed by atoms with Gasteiger partial charge in [0.15, 0.2) is 0 Å². The van der Waals surface area contributed by atoms with Gasteiger partial charge in [0, 0.05) is 34.3 Å². The average molecular weight is 607 g/mol. The van der Waals surface area contributed by atoms with Gasteiger partial charge in [-0.05, 0) is 57.0 Å². The van der Waals surface area contributed by atoms with Crippen molar-refractivity contribution in [1.82, 2.24) is 0 Å². The highest BCUT2D eigenvalue weighted by Crippen LogP contribution is 2.34. The van der Waals surface area contributed by atoms with Gasteiger partial charge >= 0.3 is 0 Å². The van der Waals surface area contributed by atoms with Crippen LogP contribution in [0.3, 0.4) is 0 Å². The second kappa shape index (κ2) is 13.4. The zero-order valence-corrected chi connectivity index (χ0v) is 27.5. The van der Waals surface area contributed by atoms with Crippen LogP contribution in [0, 0.1) is 0 Å². The molecule has 0 bridgehead atoms. The smallest absolute Gasteiger partial charge is 0.128 e. The summed E-state index contributed by atoms with van der Waals surface area (Å²) in [7, 11) is 0. The Morgan fingerprint density at radius 2 is 0.783 bits per heavy atom. The molecule has 0 aliphatic heterocycles. The summed E-state index contributed by atoms with van der Waals surface area (Å²) in [5.74, 6) is 0.618. The molecule has 6 aromatic rings. The van der Waals surface area contributed by atoms with Crippen LogP contribution in [-0.4, -0.2) is 22.6 Å². The lowest BCUT2D eigenvalue weighted by Gasteiger charge is -2.21. The molecule has 0 aliphatic rings. The van der Waals surface area contributed by atoms with Gasteiger partial charge in [-0.15, -0.1) is 0 Å². The van der Waals surface area contributed by atoms with E-state index in [1.54, 1.807) is 12.4 Å². The molecule has 0 radical (unpaired) electrons. The lowest BCUT2D eigenvalue weighted by molar-refractivity contribution is 0.445. The number of aliphatic imine (C=N–C) groups is 2. The molecule has 0 amide bonds. The van der Waals surface area contributed by atoms with E-state index in [0.29, 0.717) is 11.5 Å². The first-order chi connectivity index (χ1) is 21.9. The molecule has 6 aromatic carbocycles. The molecular weight excluding hydrogens is 564 g/mol. The summed E-state index contributed by atoms with van der Waals surface area (Å²) < 4.78 is 0. The predicted molar refractivity (Wildman–Crippen MR) is 196 cm³/mol. The molecule has 6 rings (SSSR count). The highest BCUT2D eigenvalue weighted by atomic mass is 16.3. The highest BCUT2D eigenvalue weighted by molar-refractivity contribution is 5.97. The zero-order chi connectivity index (χ0) is 32.9. The molecular formula is C42H42N2O2. The van der Waals surface area contributed by atoms with Crippen molar-refractivity contribution in [3.05, 3.63) is 144 Å². The van der Waals surface area contributed by atoms with E-state index in [1.807, 2.05) is 84.9 Å². The van der Waals surface area contributed by atoms with Crippen LogP contribution in [0.15, 0.2) is 131 Å². The van der Waals surface area contributed by atoms with Gasteiger partial charge in [0.1, 0.15) is 11.5 Å². The third-order valence-electron chi connectivity index (χ3n) is 7.97. The van der Waals surface area contributed by atoms with Gasteiger partial charge in [-0.25, -0.2) is 0 Å². The van der Waals surface area contributed by atoms with E-state index in [2.05, 4.69) is 87.9 Å². The Labute approximate surface area is 272 Å². The van der Waals surface area contributed by atoms with Crippen molar-refractivity contribution in [2.75, 3.05) is 0 Å². The number of rotatable bonds is 4. The molecule has 2 N–H and O–H groups in total. The van der Waals surface area contributed by atoms with Gasteiger partial charge < -0.3 is 10.2 Å². The van der Waals surface area contributed by atoms with Crippen molar-refractivity contribution in [2.45, 2.75) is 52.4 Å². The molecule has 0 aliphatic carbocycles. The Balaban J connectivity index is 0.000000181. The number of para-hydroxylation sites is 2. The number of aromatic hydroxyl groups is 2. The normalized spacial score (nSPS) is 12.1. The lowest BCUT2D eigenvalue weighted by atomic mass is 9.85. The van der Waals surface area contributed by atoms with Crippen LogP contribution < -0.4 is 0 Å². The summed E-state index contributed by atoms with van der Waals surface area (Å²) in [4.78, 5) is 9.21. The van der Waals surface area contributed by atoms with Crippen LogP contribution in [0.5, 0.6) is 11.5 Å². The minimum absolute atomic E-state index is 0.104. The van der Waals surface area contributed by atoms with Crippen molar-refractivity contribution in [3.63, 3.8) is 0 Å². The minimum Gasteiger partial charge on any atom is -0.507 e. The Bertz CT molecular complexity index is 1880. The first-order valence-corrected chi connectivity index (χ1v) is 15.6. The fourth-order valence-electron chi connectivity index (χ4n) is 5.46. The van der Waals surface area contributed by atoms with Gasteiger partial charge in [0.05, 0.1) is 11.4 Å². The standard InChI is InChI=1S/2C21H21NO/c2*1-21(2,3)18-12-6-10-16(20(18)23)14-22-19-13-7-9-15-8-4-5-11-17(15)19/h2*4-14,23H,1-3H3. The number of hydrogen-bond donors (Lipinski definition) is 2. The SMILES string of the molecule is CC(C)(C)c1cccc(C=Nc2cccc3ccccc23)c1O.CC(C)(C)c1cccc(C=Nc2cccc3ccccc23)c1O. The molecule has 0 atom stereocenters. The molecule has 0 spiro atoms. The molecule has 0 heterocycles. The van der Waals surface area contributed by atoms with Crippen LogP contribution >= 0.6 is 0 Å². The number of fused-ring (bicyclic) bond motifs is 2. The average Bonchev–Trinajstić information content (AvgIpc) is 3.03. The van der Waals surface area contributed by atoms with Crippen LogP contribution in [0.1, 0.15) is 63.8 Å². The van der Waals surface area contributed by atoms with Gasteiger partial charge in [0.2, 0.25) is 0 Å². The van der Waals surface area contributed by atoms with E-state index in [-0.39, 0.29) is 10.8 Å². The summed E-state index contributed by atoms with van der Waals surface area (Å²) in [5, 5.41) is 25.6. The summed E-state index contributed by atoms with van der Waals surface area (Å²) in [6.45, 7) is 12.5. The fraction of sp³-hybridized carbons (Fsp3) is 0.190. The largest absolute Gasteiger partial charge is 0.507 e. The first-order valence-electron chi connectivity index (χ1n) is 15.6. The van der Waals surface area contributed by atoms with Crippen LogP contribution in [0.4, 0.5) is 11.4 Å². The molecule has 0 fully saturated rings. The van der Waals surface area contributed by atoms with Gasteiger partial charge in [-0.1, -0.05) is 139 Å². The predicted octanol–water partition coefficient (Wildman–Crippen LogP) is 11.2. The zero-order valence-electron chi connectivity index (χ0n) is 27.5. The molecule has 4 nitrogen and oxygen atoms in total. The van der Waals surface area contributed by atoms with Crippen molar-refractivity contribution < 1.29 is 10.2 Å². The van der Waals surface area contributed by atoms with Crippen molar-refractivity contribution in [1.29, 1.82) is 0 Å². The number of hydrogen-bond acceptors (Lipinski definition) is 4. The van der Waals surface area contributed by atoms with Crippen LogP contribution in [0.25, 0.3) is 21.5 Å². The molecule has 0 saturated heterocycles. The Hall–Kier alpha value is -5.22. The maximum atomic E-state index is 10.5. The Kier molecular flexibility index (Phi) is 9.39. The number of benzene rings is 6. The van der Waals surface area contributed by atoms with E-state index < -0.39 is 0 Å².